The van der Waals surface area contributed by atoms with Gasteiger partial charge in [-0.2, -0.15) is 0 Å². The van der Waals surface area contributed by atoms with Crippen molar-refractivity contribution < 1.29 is 4.79 Å². The van der Waals surface area contributed by atoms with Crippen LogP contribution >= 0.6 is 0 Å². The summed E-state index contributed by atoms with van der Waals surface area (Å²) in [4.78, 5) is 15.9. The van der Waals surface area contributed by atoms with Crippen molar-refractivity contribution >= 4 is 22.5 Å². The number of pyridine rings is 1. The van der Waals surface area contributed by atoms with Gasteiger partial charge in [-0.15, -0.1) is 0 Å². The van der Waals surface area contributed by atoms with E-state index in [2.05, 4.69) is 15.6 Å². The standard InChI is InChI=1S/C14H17N3O/c1-10(2)17-13(18)9-16-12-7-3-5-11-6-4-8-15-14(11)12/h3-8,10,16H,9H2,1-2H3,(H,17,18). The lowest BCUT2D eigenvalue weighted by atomic mass is 10.2. The number of carbonyl (C=O) groups excluding carboxylic acids is 1. The maximum atomic E-state index is 11.6. The maximum Gasteiger partial charge on any atom is 0.239 e. The van der Waals surface area contributed by atoms with E-state index in [0.29, 0.717) is 0 Å². The molecule has 0 saturated heterocycles. The lowest BCUT2D eigenvalue weighted by molar-refractivity contribution is -0.119. The molecule has 0 aliphatic carbocycles. The largest absolute Gasteiger partial charge is 0.374 e. The topological polar surface area (TPSA) is 54.0 Å². The van der Waals surface area contributed by atoms with Crippen molar-refractivity contribution in [2.45, 2.75) is 19.9 Å². The highest BCUT2D eigenvalue weighted by molar-refractivity contribution is 5.92. The summed E-state index contributed by atoms with van der Waals surface area (Å²) in [6.07, 6.45) is 1.75. The van der Waals surface area contributed by atoms with Gasteiger partial charge in [0.25, 0.3) is 0 Å². The Morgan fingerprint density at radius 1 is 1.28 bits per heavy atom. The minimum absolute atomic E-state index is 0.0158. The van der Waals surface area contributed by atoms with Gasteiger partial charge in [-0.05, 0) is 26.0 Å². The van der Waals surface area contributed by atoms with Gasteiger partial charge in [-0.1, -0.05) is 18.2 Å². The highest BCUT2D eigenvalue weighted by Gasteiger charge is 2.05. The first-order chi connectivity index (χ1) is 8.66. The summed E-state index contributed by atoms with van der Waals surface area (Å²) in [6, 6.07) is 9.94. The summed E-state index contributed by atoms with van der Waals surface area (Å²) in [7, 11) is 0. The molecule has 18 heavy (non-hydrogen) atoms. The number of amides is 1. The normalized spacial score (nSPS) is 10.6. The predicted octanol–water partition coefficient (Wildman–Crippen LogP) is 2.17. The van der Waals surface area contributed by atoms with E-state index in [4.69, 9.17) is 0 Å². The smallest absolute Gasteiger partial charge is 0.239 e. The Kier molecular flexibility index (Phi) is 3.77. The molecular formula is C14H17N3O. The molecular weight excluding hydrogens is 226 g/mol. The molecule has 0 unspecified atom stereocenters. The molecule has 0 spiro atoms. The molecule has 0 aliphatic rings. The summed E-state index contributed by atoms with van der Waals surface area (Å²) in [5.74, 6) is -0.0158. The van der Waals surface area contributed by atoms with Gasteiger partial charge in [-0.25, -0.2) is 0 Å². The van der Waals surface area contributed by atoms with Crippen LogP contribution in [0.4, 0.5) is 5.69 Å². The SMILES string of the molecule is CC(C)NC(=O)CNc1cccc2cccnc12. The fourth-order valence-electron chi connectivity index (χ4n) is 1.80. The quantitative estimate of drug-likeness (QED) is 0.865. The van der Waals surface area contributed by atoms with Crippen molar-refractivity contribution in [3.63, 3.8) is 0 Å². The third-order valence-electron chi connectivity index (χ3n) is 2.52. The number of nitrogens with zero attached hydrogens (tertiary/aromatic N) is 1. The fraction of sp³-hybridized carbons (Fsp3) is 0.286. The molecule has 4 heteroatoms. The first-order valence-electron chi connectivity index (χ1n) is 6.04. The lowest BCUT2D eigenvalue weighted by Gasteiger charge is -2.11. The zero-order chi connectivity index (χ0) is 13.0. The summed E-state index contributed by atoms with van der Waals surface area (Å²) < 4.78 is 0. The van der Waals surface area contributed by atoms with Crippen LogP contribution < -0.4 is 10.6 Å². The van der Waals surface area contributed by atoms with E-state index < -0.39 is 0 Å². The van der Waals surface area contributed by atoms with Gasteiger partial charge < -0.3 is 10.6 Å². The van der Waals surface area contributed by atoms with Crippen LogP contribution in [-0.2, 0) is 4.79 Å². The van der Waals surface area contributed by atoms with E-state index in [0.717, 1.165) is 16.6 Å². The molecule has 0 fully saturated rings. The third kappa shape index (κ3) is 2.97. The van der Waals surface area contributed by atoms with Crippen LogP contribution in [0, 0.1) is 0 Å². The molecule has 94 valence electrons. The van der Waals surface area contributed by atoms with Gasteiger partial charge >= 0.3 is 0 Å². The van der Waals surface area contributed by atoms with E-state index in [9.17, 15) is 4.79 Å². The summed E-state index contributed by atoms with van der Waals surface area (Å²) in [5.41, 5.74) is 1.77. The Hall–Kier alpha value is -2.10. The second-order valence-corrected chi connectivity index (χ2v) is 4.46. The Morgan fingerprint density at radius 3 is 2.83 bits per heavy atom. The molecule has 0 atom stereocenters. The zero-order valence-electron chi connectivity index (χ0n) is 10.6. The number of para-hydroxylation sites is 1. The Morgan fingerprint density at radius 2 is 2.06 bits per heavy atom. The molecule has 1 heterocycles. The van der Waals surface area contributed by atoms with Crippen LogP contribution in [0.25, 0.3) is 10.9 Å². The molecule has 1 amide bonds. The third-order valence-corrected chi connectivity index (χ3v) is 2.52. The van der Waals surface area contributed by atoms with Crippen molar-refractivity contribution in [1.82, 2.24) is 10.3 Å². The van der Waals surface area contributed by atoms with Gasteiger partial charge in [0.1, 0.15) is 0 Å². The van der Waals surface area contributed by atoms with Crippen LogP contribution in [0.15, 0.2) is 36.5 Å². The number of anilines is 1. The minimum atomic E-state index is -0.0158. The Labute approximate surface area is 106 Å². The van der Waals surface area contributed by atoms with Gasteiger partial charge in [0.15, 0.2) is 0 Å². The van der Waals surface area contributed by atoms with Crippen LogP contribution in [0.1, 0.15) is 13.8 Å². The molecule has 2 N–H and O–H groups in total. The maximum absolute atomic E-state index is 11.6. The van der Waals surface area contributed by atoms with Gasteiger partial charge in [-0.3, -0.25) is 9.78 Å². The molecule has 0 bridgehead atoms. The molecule has 1 aromatic carbocycles. The number of hydrogen-bond donors (Lipinski definition) is 2. The van der Waals surface area contributed by atoms with Crippen molar-refractivity contribution in [2.24, 2.45) is 0 Å². The monoisotopic (exact) mass is 243 g/mol. The number of aromatic nitrogens is 1. The van der Waals surface area contributed by atoms with Crippen LogP contribution in [0.3, 0.4) is 0 Å². The van der Waals surface area contributed by atoms with Crippen LogP contribution in [0.5, 0.6) is 0 Å². The van der Waals surface area contributed by atoms with Crippen molar-refractivity contribution in [2.75, 3.05) is 11.9 Å². The summed E-state index contributed by atoms with van der Waals surface area (Å²) in [5, 5.41) is 7.02. The van der Waals surface area contributed by atoms with E-state index in [1.807, 2.05) is 44.2 Å². The summed E-state index contributed by atoms with van der Waals surface area (Å²) in [6.45, 7) is 4.14. The second kappa shape index (κ2) is 5.49. The molecule has 2 rings (SSSR count). The predicted molar refractivity (Wildman–Crippen MR) is 73.5 cm³/mol. The number of rotatable bonds is 4. The number of hydrogen-bond acceptors (Lipinski definition) is 3. The average Bonchev–Trinajstić information content (AvgIpc) is 2.35. The molecule has 0 radical (unpaired) electrons. The molecule has 0 saturated carbocycles. The number of benzene rings is 1. The number of nitrogens with one attached hydrogen (secondary N) is 2. The van der Waals surface area contributed by atoms with Gasteiger partial charge in [0.2, 0.25) is 5.91 Å². The van der Waals surface area contributed by atoms with Crippen molar-refractivity contribution in [3.05, 3.63) is 36.5 Å². The van der Waals surface area contributed by atoms with E-state index in [1.54, 1.807) is 6.20 Å². The number of carbonyl (C=O) groups is 1. The first kappa shape index (κ1) is 12.4. The van der Waals surface area contributed by atoms with Crippen LogP contribution in [0.2, 0.25) is 0 Å². The van der Waals surface area contributed by atoms with E-state index >= 15 is 0 Å². The lowest BCUT2D eigenvalue weighted by Crippen LogP contribution is -2.34. The Bertz CT molecular complexity index is 546. The molecule has 0 aliphatic heterocycles. The summed E-state index contributed by atoms with van der Waals surface area (Å²) >= 11 is 0. The van der Waals surface area contributed by atoms with Crippen molar-refractivity contribution in [1.29, 1.82) is 0 Å². The van der Waals surface area contributed by atoms with E-state index in [1.165, 1.54) is 0 Å². The highest BCUT2D eigenvalue weighted by atomic mass is 16.1. The minimum Gasteiger partial charge on any atom is -0.374 e. The van der Waals surface area contributed by atoms with Crippen molar-refractivity contribution in [3.8, 4) is 0 Å². The average molecular weight is 243 g/mol. The van der Waals surface area contributed by atoms with Gasteiger partial charge in [0, 0.05) is 17.6 Å². The second-order valence-electron chi connectivity index (χ2n) is 4.46. The first-order valence-corrected chi connectivity index (χ1v) is 6.04. The zero-order valence-corrected chi connectivity index (χ0v) is 10.6. The van der Waals surface area contributed by atoms with Gasteiger partial charge in [0.05, 0.1) is 17.7 Å². The molecule has 2 aromatic rings. The molecule has 4 nitrogen and oxygen atoms in total. The van der Waals surface area contributed by atoms with Crippen LogP contribution in [-0.4, -0.2) is 23.5 Å². The number of fused-ring (bicyclic) bond motifs is 1. The Balaban J connectivity index is 2.10. The van der Waals surface area contributed by atoms with E-state index in [-0.39, 0.29) is 18.5 Å². The highest BCUT2D eigenvalue weighted by Crippen LogP contribution is 2.20. The fourth-order valence-corrected chi connectivity index (χ4v) is 1.80. The molecule has 1 aromatic heterocycles.